The van der Waals surface area contributed by atoms with Crippen molar-refractivity contribution in [1.82, 2.24) is 10.3 Å². The van der Waals surface area contributed by atoms with Gasteiger partial charge >= 0.3 is 0 Å². The summed E-state index contributed by atoms with van der Waals surface area (Å²) < 4.78 is 0. The molecule has 1 aliphatic heterocycles. The number of allylic oxidation sites excluding steroid dienone is 2. The van der Waals surface area contributed by atoms with E-state index in [9.17, 15) is 0 Å². The Labute approximate surface area is 89.7 Å². The minimum Gasteiger partial charge on any atom is -0.313 e. The summed E-state index contributed by atoms with van der Waals surface area (Å²) >= 11 is 0. The maximum Gasteiger partial charge on any atom is 0.0519 e. The third-order valence-electron chi connectivity index (χ3n) is 3.09. The summed E-state index contributed by atoms with van der Waals surface area (Å²) in [5.41, 5.74) is 5.47. The van der Waals surface area contributed by atoms with Crippen LogP contribution in [0.1, 0.15) is 17.7 Å². The Morgan fingerprint density at radius 1 is 1.27 bits per heavy atom. The highest BCUT2D eigenvalue weighted by Gasteiger charge is 2.18. The van der Waals surface area contributed by atoms with Crippen molar-refractivity contribution in [2.24, 2.45) is 0 Å². The summed E-state index contributed by atoms with van der Waals surface area (Å²) in [4.78, 5) is 4.41. The number of nitrogens with zero attached hydrogens (tertiary/aromatic N) is 1. The molecule has 0 amide bonds. The van der Waals surface area contributed by atoms with Crippen LogP contribution in [0.3, 0.4) is 0 Å². The second-order valence-corrected chi connectivity index (χ2v) is 4.00. The fourth-order valence-electron chi connectivity index (χ4n) is 2.33. The predicted octanol–water partition coefficient (Wildman–Crippen LogP) is 1.94. The van der Waals surface area contributed by atoms with E-state index in [1.807, 2.05) is 12.3 Å². The van der Waals surface area contributed by atoms with E-state index in [1.54, 1.807) is 0 Å². The van der Waals surface area contributed by atoms with Gasteiger partial charge < -0.3 is 5.32 Å². The van der Waals surface area contributed by atoms with E-state index in [-0.39, 0.29) is 0 Å². The van der Waals surface area contributed by atoms with E-state index in [4.69, 9.17) is 0 Å². The summed E-state index contributed by atoms with van der Waals surface area (Å²) in [5, 5.41) is 3.34. The summed E-state index contributed by atoms with van der Waals surface area (Å²) in [6, 6.07) is 4.21. The largest absolute Gasteiger partial charge is 0.313 e. The van der Waals surface area contributed by atoms with E-state index in [0.717, 1.165) is 25.9 Å². The molecule has 76 valence electrons. The monoisotopic (exact) mass is 198 g/mol. The second-order valence-electron chi connectivity index (χ2n) is 4.00. The number of fused-ring (bicyclic) bond motifs is 1. The normalized spacial score (nSPS) is 19.5. The molecule has 0 saturated carbocycles. The first-order valence-corrected chi connectivity index (χ1v) is 5.50. The fraction of sp³-hybridized carbons (Fsp3) is 0.308. The van der Waals surface area contributed by atoms with Crippen LogP contribution >= 0.6 is 0 Å². The molecular weight excluding hydrogens is 184 g/mol. The molecule has 0 radical (unpaired) electrons. The van der Waals surface area contributed by atoms with Crippen LogP contribution < -0.4 is 5.32 Å². The highest BCUT2D eigenvalue weighted by atomic mass is 14.8. The third kappa shape index (κ3) is 1.51. The number of hydrogen-bond acceptors (Lipinski definition) is 2. The van der Waals surface area contributed by atoms with Gasteiger partial charge in [0.15, 0.2) is 0 Å². The van der Waals surface area contributed by atoms with Crippen LogP contribution in [0.15, 0.2) is 36.1 Å². The zero-order chi connectivity index (χ0) is 10.1. The number of nitrogens with one attached hydrogen (secondary N) is 1. The molecule has 1 N–H and O–H groups in total. The standard InChI is InChI=1S/C13H14N2/c1-2-12-11(3-4-13(12)15-7-1)10-5-8-14-9-6-10/h1-3,5,7,14H,4,6,8-9H2. The Hall–Kier alpha value is -1.41. The average molecular weight is 198 g/mol. The van der Waals surface area contributed by atoms with Crippen molar-refractivity contribution >= 4 is 5.57 Å². The van der Waals surface area contributed by atoms with Crippen LogP contribution in [0.25, 0.3) is 5.57 Å². The van der Waals surface area contributed by atoms with Gasteiger partial charge in [0.1, 0.15) is 0 Å². The van der Waals surface area contributed by atoms with Crippen molar-refractivity contribution in [1.29, 1.82) is 0 Å². The molecule has 0 bridgehead atoms. The van der Waals surface area contributed by atoms with Crippen LogP contribution in [0.2, 0.25) is 0 Å². The maximum atomic E-state index is 4.41. The predicted molar refractivity (Wildman–Crippen MR) is 61.5 cm³/mol. The van der Waals surface area contributed by atoms with Crippen molar-refractivity contribution in [2.45, 2.75) is 12.8 Å². The van der Waals surface area contributed by atoms with Crippen molar-refractivity contribution in [2.75, 3.05) is 13.1 Å². The van der Waals surface area contributed by atoms with Gasteiger partial charge in [-0.3, -0.25) is 4.98 Å². The maximum absolute atomic E-state index is 4.41. The van der Waals surface area contributed by atoms with Gasteiger partial charge in [-0.1, -0.05) is 18.2 Å². The topological polar surface area (TPSA) is 24.9 Å². The van der Waals surface area contributed by atoms with Gasteiger partial charge in [-0.2, -0.15) is 0 Å². The van der Waals surface area contributed by atoms with Crippen molar-refractivity contribution in [3.63, 3.8) is 0 Å². The SMILES string of the molecule is C1=C(C2=CCc3ncccc32)CCNC1. The Morgan fingerprint density at radius 3 is 3.13 bits per heavy atom. The van der Waals surface area contributed by atoms with Gasteiger partial charge in [0.2, 0.25) is 0 Å². The lowest BCUT2D eigenvalue weighted by Crippen LogP contribution is -2.20. The highest BCUT2D eigenvalue weighted by molar-refractivity contribution is 5.83. The van der Waals surface area contributed by atoms with Gasteiger partial charge in [-0.25, -0.2) is 0 Å². The molecule has 2 aliphatic rings. The lowest BCUT2D eigenvalue weighted by molar-refractivity contribution is 0.715. The summed E-state index contributed by atoms with van der Waals surface area (Å²) in [5.74, 6) is 0. The molecular formula is C13H14N2. The van der Waals surface area contributed by atoms with Crippen LogP contribution in [-0.2, 0) is 6.42 Å². The van der Waals surface area contributed by atoms with Crippen molar-refractivity contribution < 1.29 is 0 Å². The Balaban J connectivity index is 1.99. The molecule has 0 unspecified atom stereocenters. The molecule has 0 saturated heterocycles. The van der Waals surface area contributed by atoms with Gasteiger partial charge in [0.25, 0.3) is 0 Å². The van der Waals surface area contributed by atoms with E-state index >= 15 is 0 Å². The molecule has 2 heteroatoms. The minimum absolute atomic E-state index is 0.996. The number of pyridine rings is 1. The lowest BCUT2D eigenvalue weighted by Gasteiger charge is -2.15. The van der Waals surface area contributed by atoms with Gasteiger partial charge in [-0.05, 0) is 30.2 Å². The third-order valence-corrected chi connectivity index (χ3v) is 3.09. The first kappa shape index (κ1) is 8.86. The molecule has 0 aromatic carbocycles. The van der Waals surface area contributed by atoms with Gasteiger partial charge in [-0.15, -0.1) is 0 Å². The van der Waals surface area contributed by atoms with Crippen LogP contribution in [0.4, 0.5) is 0 Å². The van der Waals surface area contributed by atoms with E-state index in [1.165, 1.54) is 22.4 Å². The minimum atomic E-state index is 0.996. The van der Waals surface area contributed by atoms with Crippen molar-refractivity contribution in [3.8, 4) is 0 Å². The molecule has 1 aromatic rings. The molecule has 0 fully saturated rings. The van der Waals surface area contributed by atoms with Crippen LogP contribution in [0.5, 0.6) is 0 Å². The first-order chi connectivity index (χ1) is 7.45. The molecule has 1 aliphatic carbocycles. The molecule has 3 rings (SSSR count). The fourth-order valence-corrected chi connectivity index (χ4v) is 2.33. The smallest absolute Gasteiger partial charge is 0.0519 e. The summed E-state index contributed by atoms with van der Waals surface area (Å²) in [6.07, 6.45) is 8.63. The van der Waals surface area contributed by atoms with Crippen LogP contribution in [0, 0.1) is 0 Å². The van der Waals surface area contributed by atoms with Gasteiger partial charge in [0, 0.05) is 24.7 Å². The van der Waals surface area contributed by atoms with Gasteiger partial charge in [0.05, 0.1) is 5.69 Å². The van der Waals surface area contributed by atoms with Crippen LogP contribution in [-0.4, -0.2) is 18.1 Å². The Kier molecular flexibility index (Phi) is 2.14. The molecule has 15 heavy (non-hydrogen) atoms. The van der Waals surface area contributed by atoms with E-state index in [0.29, 0.717) is 0 Å². The summed E-state index contributed by atoms with van der Waals surface area (Å²) in [6.45, 7) is 2.10. The molecule has 2 nitrogen and oxygen atoms in total. The second kappa shape index (κ2) is 3.63. The van der Waals surface area contributed by atoms with E-state index in [2.05, 4.69) is 28.5 Å². The highest BCUT2D eigenvalue weighted by Crippen LogP contribution is 2.33. The Morgan fingerprint density at radius 2 is 2.27 bits per heavy atom. The zero-order valence-electron chi connectivity index (χ0n) is 8.66. The first-order valence-electron chi connectivity index (χ1n) is 5.50. The molecule has 0 atom stereocenters. The average Bonchev–Trinajstić information content (AvgIpc) is 2.74. The lowest BCUT2D eigenvalue weighted by atomic mass is 9.96. The number of hydrogen-bond donors (Lipinski definition) is 1. The quantitative estimate of drug-likeness (QED) is 0.746. The van der Waals surface area contributed by atoms with E-state index < -0.39 is 0 Å². The Bertz CT molecular complexity index is 444. The number of rotatable bonds is 1. The molecule has 1 aromatic heterocycles. The molecule has 2 heterocycles. The summed E-state index contributed by atoms with van der Waals surface area (Å²) in [7, 11) is 0. The number of aromatic nitrogens is 1. The zero-order valence-corrected chi connectivity index (χ0v) is 8.66. The molecule has 0 spiro atoms. The van der Waals surface area contributed by atoms with Crippen molar-refractivity contribution in [3.05, 3.63) is 47.3 Å².